The van der Waals surface area contributed by atoms with Gasteiger partial charge in [-0.05, 0) is 37.8 Å². The smallest absolute Gasteiger partial charge is 0.237 e. The summed E-state index contributed by atoms with van der Waals surface area (Å²) in [6, 6.07) is 7.73. The maximum atomic E-state index is 12.7. The Kier molecular flexibility index (Phi) is 7.36. The SMILES string of the molecule is CCNC(=NCCS(=O)(=O)N1CCc2ccccc21)N1CCCC1.I. The number of benzene rings is 1. The van der Waals surface area contributed by atoms with Crippen molar-refractivity contribution in [2.24, 2.45) is 4.99 Å². The van der Waals surface area contributed by atoms with E-state index in [0.717, 1.165) is 43.3 Å². The number of hydrogen-bond acceptors (Lipinski definition) is 3. The monoisotopic (exact) mass is 478 g/mol. The molecular weight excluding hydrogens is 451 g/mol. The fourth-order valence-electron chi connectivity index (χ4n) is 3.33. The number of likely N-dealkylation sites (tertiary alicyclic amines) is 1. The third kappa shape index (κ3) is 4.78. The highest BCUT2D eigenvalue weighted by molar-refractivity contribution is 14.0. The Labute approximate surface area is 167 Å². The number of hydrogen-bond donors (Lipinski definition) is 1. The summed E-state index contributed by atoms with van der Waals surface area (Å²) in [6.07, 6.45) is 3.13. The molecule has 0 amide bonds. The highest BCUT2D eigenvalue weighted by Gasteiger charge is 2.28. The van der Waals surface area contributed by atoms with Gasteiger partial charge in [0.2, 0.25) is 10.0 Å². The van der Waals surface area contributed by atoms with Crippen LogP contribution in [0.5, 0.6) is 0 Å². The summed E-state index contributed by atoms with van der Waals surface area (Å²) in [4.78, 5) is 6.74. The molecule has 0 radical (unpaired) electrons. The van der Waals surface area contributed by atoms with Crippen molar-refractivity contribution in [3.63, 3.8) is 0 Å². The molecule has 0 unspecified atom stereocenters. The van der Waals surface area contributed by atoms with Gasteiger partial charge in [-0.3, -0.25) is 9.30 Å². The van der Waals surface area contributed by atoms with Gasteiger partial charge in [-0.2, -0.15) is 0 Å². The highest BCUT2D eigenvalue weighted by atomic mass is 127. The molecule has 1 N–H and O–H groups in total. The summed E-state index contributed by atoms with van der Waals surface area (Å²) in [6.45, 7) is 5.65. The van der Waals surface area contributed by atoms with Crippen LogP contribution in [0.2, 0.25) is 0 Å². The summed E-state index contributed by atoms with van der Waals surface area (Å²) in [5.41, 5.74) is 1.93. The molecule has 0 bridgehead atoms. The predicted molar refractivity (Wildman–Crippen MR) is 113 cm³/mol. The number of aliphatic imine (C=N–C) groups is 1. The van der Waals surface area contributed by atoms with Crippen molar-refractivity contribution >= 4 is 45.6 Å². The van der Waals surface area contributed by atoms with Crippen LogP contribution in [0, 0.1) is 0 Å². The molecule has 6 nitrogen and oxygen atoms in total. The molecule has 0 atom stereocenters. The average Bonchev–Trinajstić information content (AvgIpc) is 3.23. The van der Waals surface area contributed by atoms with Crippen molar-refractivity contribution in [2.75, 3.05) is 42.8 Å². The lowest BCUT2D eigenvalue weighted by Crippen LogP contribution is -2.40. The minimum atomic E-state index is -3.33. The van der Waals surface area contributed by atoms with Gasteiger partial charge in [-0.15, -0.1) is 24.0 Å². The summed E-state index contributed by atoms with van der Waals surface area (Å²) < 4.78 is 26.9. The second-order valence-corrected chi connectivity index (χ2v) is 8.21. The van der Waals surface area contributed by atoms with E-state index in [1.165, 1.54) is 12.8 Å². The largest absolute Gasteiger partial charge is 0.357 e. The van der Waals surface area contributed by atoms with Crippen molar-refractivity contribution in [1.29, 1.82) is 0 Å². The molecule has 25 heavy (non-hydrogen) atoms. The lowest BCUT2D eigenvalue weighted by Gasteiger charge is -2.21. The molecule has 3 rings (SSSR count). The van der Waals surface area contributed by atoms with Gasteiger partial charge in [-0.1, -0.05) is 18.2 Å². The van der Waals surface area contributed by atoms with Crippen LogP contribution in [0.4, 0.5) is 5.69 Å². The highest BCUT2D eigenvalue weighted by Crippen LogP contribution is 2.29. The third-order valence-corrected chi connectivity index (χ3v) is 6.28. The zero-order chi connectivity index (χ0) is 17.0. The topological polar surface area (TPSA) is 65.0 Å². The Morgan fingerprint density at radius 3 is 2.64 bits per heavy atom. The molecule has 2 heterocycles. The van der Waals surface area contributed by atoms with Gasteiger partial charge >= 0.3 is 0 Å². The lowest BCUT2D eigenvalue weighted by atomic mass is 10.2. The van der Waals surface area contributed by atoms with Gasteiger partial charge in [0.15, 0.2) is 5.96 Å². The van der Waals surface area contributed by atoms with Crippen LogP contribution in [0.3, 0.4) is 0 Å². The van der Waals surface area contributed by atoms with Gasteiger partial charge < -0.3 is 10.2 Å². The van der Waals surface area contributed by atoms with Crippen molar-refractivity contribution in [1.82, 2.24) is 10.2 Å². The second-order valence-electron chi connectivity index (χ2n) is 6.20. The Bertz CT molecular complexity index is 702. The zero-order valence-electron chi connectivity index (χ0n) is 14.6. The third-order valence-electron chi connectivity index (χ3n) is 4.53. The fourth-order valence-corrected chi connectivity index (χ4v) is 4.72. The first-order valence-corrected chi connectivity index (χ1v) is 10.3. The number of nitrogens with zero attached hydrogens (tertiary/aromatic N) is 3. The zero-order valence-corrected chi connectivity index (χ0v) is 17.8. The number of guanidine groups is 1. The molecule has 2 aliphatic rings. The molecule has 0 spiro atoms. The van der Waals surface area contributed by atoms with E-state index in [9.17, 15) is 8.42 Å². The van der Waals surface area contributed by atoms with Crippen molar-refractivity contribution in [2.45, 2.75) is 26.2 Å². The van der Waals surface area contributed by atoms with E-state index in [1.807, 2.05) is 31.2 Å². The molecule has 0 aromatic heterocycles. The number of sulfonamides is 1. The minimum absolute atomic E-state index is 0. The van der Waals surface area contributed by atoms with E-state index < -0.39 is 10.0 Å². The first-order chi connectivity index (χ1) is 11.6. The molecule has 2 aliphatic heterocycles. The molecule has 0 saturated carbocycles. The molecule has 8 heteroatoms. The number of rotatable bonds is 5. The fraction of sp³-hybridized carbons (Fsp3) is 0.588. The maximum absolute atomic E-state index is 12.7. The van der Waals surface area contributed by atoms with Gasteiger partial charge in [0.25, 0.3) is 0 Å². The van der Waals surface area contributed by atoms with Crippen LogP contribution >= 0.6 is 24.0 Å². The molecule has 0 aliphatic carbocycles. The summed E-state index contributed by atoms with van der Waals surface area (Å²) in [5, 5.41) is 3.26. The Balaban J connectivity index is 0.00000225. The first-order valence-electron chi connectivity index (χ1n) is 8.73. The van der Waals surface area contributed by atoms with Crippen LogP contribution in [0.15, 0.2) is 29.3 Å². The Hall–Kier alpha value is -1.03. The van der Waals surface area contributed by atoms with Gasteiger partial charge in [-0.25, -0.2) is 8.42 Å². The van der Waals surface area contributed by atoms with Crippen LogP contribution in [-0.4, -0.2) is 57.8 Å². The van der Waals surface area contributed by atoms with Gasteiger partial charge in [0.1, 0.15) is 0 Å². The molecule has 1 saturated heterocycles. The van der Waals surface area contributed by atoms with Crippen LogP contribution < -0.4 is 9.62 Å². The van der Waals surface area contributed by atoms with Crippen molar-refractivity contribution in [3.8, 4) is 0 Å². The van der Waals surface area contributed by atoms with Crippen molar-refractivity contribution < 1.29 is 8.42 Å². The summed E-state index contributed by atoms with van der Waals surface area (Å²) in [5.74, 6) is 0.886. The molecule has 140 valence electrons. The van der Waals surface area contributed by atoms with E-state index in [4.69, 9.17) is 0 Å². The normalized spacial score (nSPS) is 17.4. The molecule has 1 fully saturated rings. The first kappa shape index (κ1) is 20.3. The van der Waals surface area contributed by atoms with E-state index in [0.29, 0.717) is 13.1 Å². The molecule has 1 aromatic carbocycles. The second kappa shape index (κ2) is 9.07. The van der Waals surface area contributed by atoms with Crippen LogP contribution in [-0.2, 0) is 16.4 Å². The Morgan fingerprint density at radius 2 is 1.92 bits per heavy atom. The average molecular weight is 478 g/mol. The maximum Gasteiger partial charge on any atom is 0.237 e. The van der Waals surface area contributed by atoms with Crippen LogP contribution in [0.1, 0.15) is 25.3 Å². The minimum Gasteiger partial charge on any atom is -0.357 e. The molecular formula is C17H27IN4O2S. The number of anilines is 1. The van der Waals surface area contributed by atoms with E-state index >= 15 is 0 Å². The number of halogens is 1. The van der Waals surface area contributed by atoms with Crippen LogP contribution in [0.25, 0.3) is 0 Å². The number of para-hydroxylation sites is 1. The lowest BCUT2D eigenvalue weighted by molar-refractivity contribution is 0.494. The molecule has 1 aromatic rings. The van der Waals surface area contributed by atoms with E-state index in [-0.39, 0.29) is 29.7 Å². The summed E-state index contributed by atoms with van der Waals surface area (Å²) in [7, 11) is -3.33. The van der Waals surface area contributed by atoms with Gasteiger partial charge in [0, 0.05) is 26.2 Å². The standard InChI is InChI=1S/C17H26N4O2S.HI/c1-2-18-17(20-11-5-6-12-20)19-10-14-24(22,23)21-13-9-15-7-3-4-8-16(15)21;/h3-4,7-8H,2,5-6,9-14H2,1H3,(H,18,19);1H. The van der Waals surface area contributed by atoms with E-state index in [2.05, 4.69) is 15.2 Å². The van der Waals surface area contributed by atoms with E-state index in [1.54, 1.807) is 4.31 Å². The van der Waals surface area contributed by atoms with Gasteiger partial charge in [0.05, 0.1) is 18.0 Å². The Morgan fingerprint density at radius 1 is 1.20 bits per heavy atom. The quantitative estimate of drug-likeness (QED) is 0.400. The number of fused-ring (bicyclic) bond motifs is 1. The van der Waals surface area contributed by atoms with Crippen molar-refractivity contribution in [3.05, 3.63) is 29.8 Å². The number of nitrogens with one attached hydrogen (secondary N) is 1. The predicted octanol–water partition coefficient (Wildman–Crippen LogP) is 2.06. The summed E-state index contributed by atoms with van der Waals surface area (Å²) >= 11 is 0.